The Morgan fingerprint density at radius 2 is 1.79 bits per heavy atom. The summed E-state index contributed by atoms with van der Waals surface area (Å²) in [4.78, 5) is 14.9. The maximum atomic E-state index is 12.9. The van der Waals surface area contributed by atoms with Gasteiger partial charge in [0.05, 0.1) is 6.04 Å². The average molecular weight is 375 g/mol. The maximum absolute atomic E-state index is 12.9. The fourth-order valence-electron chi connectivity index (χ4n) is 6.30. The van der Waals surface area contributed by atoms with Crippen molar-refractivity contribution in [3.63, 3.8) is 0 Å². The molecule has 2 aromatic rings. The van der Waals surface area contributed by atoms with E-state index in [-0.39, 0.29) is 5.91 Å². The third-order valence-electron chi connectivity index (χ3n) is 7.54. The number of benzene rings is 2. The zero-order valence-corrected chi connectivity index (χ0v) is 16.9. The van der Waals surface area contributed by atoms with Crippen molar-refractivity contribution in [1.29, 1.82) is 0 Å². The number of fused-ring (bicyclic) bond motifs is 7. The monoisotopic (exact) mass is 374 g/mol. The van der Waals surface area contributed by atoms with Crippen LogP contribution in [-0.4, -0.2) is 23.9 Å². The van der Waals surface area contributed by atoms with Crippen LogP contribution in [0.4, 0.5) is 5.69 Å². The number of hydrogen-bond donors (Lipinski definition) is 1. The summed E-state index contributed by atoms with van der Waals surface area (Å²) in [6, 6.07) is 17.7. The Labute approximate surface area is 168 Å². The van der Waals surface area contributed by atoms with Crippen molar-refractivity contribution < 1.29 is 4.79 Å². The molecule has 1 amide bonds. The van der Waals surface area contributed by atoms with Crippen LogP contribution < -0.4 is 5.32 Å². The molecule has 3 nitrogen and oxygen atoms in total. The van der Waals surface area contributed by atoms with Gasteiger partial charge in [-0.15, -0.1) is 0 Å². The molecule has 146 valence electrons. The third kappa shape index (κ3) is 2.67. The van der Waals surface area contributed by atoms with Crippen LogP contribution in [-0.2, 0) is 0 Å². The zero-order valence-electron chi connectivity index (χ0n) is 16.9. The lowest BCUT2D eigenvalue weighted by atomic mass is 9.68. The highest BCUT2D eigenvalue weighted by Crippen LogP contribution is 2.63. The molecule has 3 heteroatoms. The largest absolute Gasteiger partial charge is 0.378 e. The smallest absolute Gasteiger partial charge is 0.253 e. The van der Waals surface area contributed by atoms with E-state index in [0.717, 1.165) is 30.5 Å². The topological polar surface area (TPSA) is 32.3 Å². The summed E-state index contributed by atoms with van der Waals surface area (Å²) in [5.74, 6) is 2.98. The van der Waals surface area contributed by atoms with E-state index in [2.05, 4.69) is 61.6 Å². The van der Waals surface area contributed by atoms with E-state index >= 15 is 0 Å². The summed E-state index contributed by atoms with van der Waals surface area (Å²) in [7, 11) is 0. The molecule has 5 atom stereocenters. The zero-order chi connectivity index (χ0) is 19.3. The van der Waals surface area contributed by atoms with Gasteiger partial charge in [-0.05, 0) is 86.1 Å². The molecule has 2 fully saturated rings. The first kappa shape index (κ1) is 17.8. The number of nitrogens with one attached hydrogen (secondary N) is 1. The number of carbonyl (C=O) groups excluding carboxylic acids is 1. The van der Waals surface area contributed by atoms with E-state index in [1.54, 1.807) is 0 Å². The molecular weight excluding hydrogens is 344 g/mol. The quantitative estimate of drug-likeness (QED) is 0.770. The molecule has 0 radical (unpaired) electrons. The first-order chi connectivity index (χ1) is 13.7. The predicted molar refractivity (Wildman–Crippen MR) is 114 cm³/mol. The van der Waals surface area contributed by atoms with Crippen LogP contribution in [0.1, 0.15) is 66.6 Å². The summed E-state index contributed by atoms with van der Waals surface area (Å²) < 4.78 is 0. The van der Waals surface area contributed by atoms with Gasteiger partial charge in [-0.1, -0.05) is 30.3 Å². The van der Waals surface area contributed by atoms with Crippen LogP contribution in [0, 0.1) is 17.8 Å². The number of carbonyl (C=O) groups is 1. The molecule has 0 unspecified atom stereocenters. The van der Waals surface area contributed by atoms with Crippen molar-refractivity contribution in [3.05, 3.63) is 65.2 Å². The van der Waals surface area contributed by atoms with Crippen LogP contribution >= 0.6 is 0 Å². The Bertz CT molecular complexity index is 873. The second-order valence-electron chi connectivity index (χ2n) is 8.75. The number of amides is 1. The van der Waals surface area contributed by atoms with Gasteiger partial charge in [0.1, 0.15) is 0 Å². The Morgan fingerprint density at radius 1 is 1.04 bits per heavy atom. The van der Waals surface area contributed by atoms with Crippen LogP contribution in [0.3, 0.4) is 0 Å². The van der Waals surface area contributed by atoms with E-state index in [1.165, 1.54) is 36.1 Å². The second kappa shape index (κ2) is 6.95. The van der Waals surface area contributed by atoms with E-state index < -0.39 is 0 Å². The van der Waals surface area contributed by atoms with Crippen molar-refractivity contribution in [2.24, 2.45) is 17.8 Å². The fraction of sp³-hybridized carbons (Fsp3) is 0.480. The number of hydrogen-bond acceptors (Lipinski definition) is 2. The standard InChI is InChI=1S/C25H30N2O/c1-3-27(4-2)25(28)19-12-13-21-20(15-19)22-17-10-11-18(14-17)23(22)24(26-21)16-8-6-5-7-9-16/h5-9,12-13,15,17-18,22-24,26H,3-4,10-11,14H2,1-2H3/t17-,18-,22-,23-,24+/m0/s1. The van der Waals surface area contributed by atoms with Gasteiger partial charge in [-0.3, -0.25) is 4.79 Å². The Morgan fingerprint density at radius 3 is 2.54 bits per heavy atom. The van der Waals surface area contributed by atoms with Gasteiger partial charge in [0, 0.05) is 24.3 Å². The Hall–Kier alpha value is -2.29. The average Bonchev–Trinajstić information content (AvgIpc) is 3.37. The Kier molecular flexibility index (Phi) is 4.41. The van der Waals surface area contributed by atoms with Crippen molar-refractivity contribution in [1.82, 2.24) is 4.90 Å². The molecule has 0 spiro atoms. The van der Waals surface area contributed by atoms with Gasteiger partial charge in [-0.25, -0.2) is 0 Å². The highest BCUT2D eigenvalue weighted by Gasteiger charge is 2.53. The molecule has 2 aromatic carbocycles. The van der Waals surface area contributed by atoms with E-state index in [0.29, 0.717) is 17.9 Å². The molecule has 2 aliphatic carbocycles. The van der Waals surface area contributed by atoms with Gasteiger partial charge in [0.25, 0.3) is 5.91 Å². The lowest BCUT2D eigenvalue weighted by molar-refractivity contribution is 0.0772. The lowest BCUT2D eigenvalue weighted by Crippen LogP contribution is -2.36. The predicted octanol–water partition coefficient (Wildman–Crippen LogP) is 5.47. The molecular formula is C25H30N2O. The molecule has 1 N–H and O–H groups in total. The Balaban J connectivity index is 1.56. The third-order valence-corrected chi connectivity index (χ3v) is 7.54. The van der Waals surface area contributed by atoms with Crippen LogP contribution in [0.25, 0.3) is 0 Å². The molecule has 0 aromatic heterocycles. The maximum Gasteiger partial charge on any atom is 0.253 e. The van der Waals surface area contributed by atoms with E-state index in [9.17, 15) is 4.79 Å². The second-order valence-corrected chi connectivity index (χ2v) is 8.75. The molecule has 1 heterocycles. The van der Waals surface area contributed by atoms with Gasteiger partial charge < -0.3 is 10.2 Å². The fourth-order valence-corrected chi connectivity index (χ4v) is 6.30. The van der Waals surface area contributed by atoms with Crippen LogP contribution in [0.2, 0.25) is 0 Å². The highest BCUT2D eigenvalue weighted by atomic mass is 16.2. The minimum Gasteiger partial charge on any atom is -0.378 e. The molecule has 1 aliphatic heterocycles. The molecule has 2 saturated carbocycles. The first-order valence-electron chi connectivity index (χ1n) is 11.0. The van der Waals surface area contributed by atoms with Crippen molar-refractivity contribution >= 4 is 11.6 Å². The lowest BCUT2D eigenvalue weighted by Gasteiger charge is -2.43. The van der Waals surface area contributed by atoms with Crippen molar-refractivity contribution in [2.45, 2.75) is 45.1 Å². The van der Waals surface area contributed by atoms with Gasteiger partial charge in [0.2, 0.25) is 0 Å². The SMILES string of the molecule is CCN(CC)C(=O)c1ccc2c(c1)[C@@H]1[C@H]3CC[C@@H](C3)[C@@H]1[C@@H](c1ccccc1)N2. The molecule has 0 saturated heterocycles. The summed E-state index contributed by atoms with van der Waals surface area (Å²) >= 11 is 0. The van der Waals surface area contributed by atoms with Crippen molar-refractivity contribution in [2.75, 3.05) is 18.4 Å². The van der Waals surface area contributed by atoms with Crippen LogP contribution in [0.5, 0.6) is 0 Å². The van der Waals surface area contributed by atoms with E-state index in [1.807, 2.05) is 11.0 Å². The summed E-state index contributed by atoms with van der Waals surface area (Å²) in [6.07, 6.45) is 4.07. The van der Waals surface area contributed by atoms with Gasteiger partial charge in [-0.2, -0.15) is 0 Å². The molecule has 2 bridgehead atoms. The van der Waals surface area contributed by atoms with Gasteiger partial charge >= 0.3 is 0 Å². The molecule has 28 heavy (non-hydrogen) atoms. The molecule has 3 aliphatic rings. The first-order valence-corrected chi connectivity index (χ1v) is 11.0. The van der Waals surface area contributed by atoms with Crippen molar-refractivity contribution in [3.8, 4) is 0 Å². The number of rotatable bonds is 4. The molecule has 5 rings (SSSR count). The van der Waals surface area contributed by atoms with Crippen LogP contribution in [0.15, 0.2) is 48.5 Å². The highest BCUT2D eigenvalue weighted by molar-refractivity contribution is 5.95. The minimum absolute atomic E-state index is 0.165. The number of anilines is 1. The van der Waals surface area contributed by atoms with E-state index in [4.69, 9.17) is 0 Å². The summed E-state index contributed by atoms with van der Waals surface area (Å²) in [6.45, 7) is 5.63. The summed E-state index contributed by atoms with van der Waals surface area (Å²) in [5, 5.41) is 3.87. The van der Waals surface area contributed by atoms with Gasteiger partial charge in [0.15, 0.2) is 0 Å². The summed E-state index contributed by atoms with van der Waals surface area (Å²) in [5.41, 5.74) is 4.88. The normalized spacial score (nSPS) is 29.7. The minimum atomic E-state index is 0.165. The number of nitrogens with zero attached hydrogens (tertiary/aromatic N) is 1.